The van der Waals surface area contributed by atoms with Crippen LogP contribution in [0.2, 0.25) is 0 Å². The first-order valence-corrected chi connectivity index (χ1v) is 14.2. The monoisotopic (exact) mass is 505 g/mol. The Hall–Kier alpha value is -2.37. The van der Waals surface area contributed by atoms with E-state index in [1.807, 2.05) is 6.07 Å². The summed E-state index contributed by atoms with van der Waals surface area (Å²) < 4.78 is 5.45. The summed E-state index contributed by atoms with van der Waals surface area (Å²) in [5.74, 6) is 1.55. The molecular formula is C32H47N3O2. The Bertz CT molecular complexity index is 983. The van der Waals surface area contributed by atoms with Crippen molar-refractivity contribution in [3.8, 4) is 5.75 Å². The van der Waals surface area contributed by atoms with Crippen molar-refractivity contribution in [1.29, 1.82) is 0 Å². The van der Waals surface area contributed by atoms with Gasteiger partial charge in [-0.3, -0.25) is 14.6 Å². The number of nitrogens with zero attached hydrogens (tertiary/aromatic N) is 3. The third-order valence-electron chi connectivity index (χ3n) is 9.18. The Morgan fingerprint density at radius 1 is 1.00 bits per heavy atom. The highest BCUT2D eigenvalue weighted by Crippen LogP contribution is 2.48. The number of benzene rings is 2. The molecule has 0 heterocycles. The normalized spacial score (nSPS) is 24.2. The molecule has 0 spiro atoms. The highest BCUT2D eigenvalue weighted by Gasteiger charge is 2.49. The van der Waals surface area contributed by atoms with Gasteiger partial charge in [-0.1, -0.05) is 55.8 Å². The molecule has 202 valence electrons. The smallest absolute Gasteiger partial charge is 0.210 e. The zero-order valence-corrected chi connectivity index (χ0v) is 23.5. The van der Waals surface area contributed by atoms with Crippen LogP contribution in [-0.2, 0) is 16.9 Å². The quantitative estimate of drug-likeness (QED) is 0.316. The lowest BCUT2D eigenvalue weighted by molar-refractivity contribution is -0.130. The average molecular weight is 506 g/mol. The molecule has 0 aromatic heterocycles. The maximum absolute atomic E-state index is 12.7. The van der Waals surface area contributed by atoms with Gasteiger partial charge in [0.2, 0.25) is 6.41 Å². The van der Waals surface area contributed by atoms with Crippen LogP contribution in [0.4, 0.5) is 0 Å². The molecule has 2 aliphatic carbocycles. The Balaban J connectivity index is 1.59. The molecule has 0 aliphatic heterocycles. The van der Waals surface area contributed by atoms with E-state index < -0.39 is 0 Å². The third kappa shape index (κ3) is 6.21. The zero-order chi connectivity index (χ0) is 26.3. The van der Waals surface area contributed by atoms with E-state index in [0.717, 1.165) is 64.0 Å². The van der Waals surface area contributed by atoms with Crippen molar-refractivity contribution < 1.29 is 9.53 Å². The second-order valence-corrected chi connectivity index (χ2v) is 11.6. The molecule has 0 bridgehead atoms. The summed E-state index contributed by atoms with van der Waals surface area (Å²) >= 11 is 0. The maximum Gasteiger partial charge on any atom is 0.210 e. The van der Waals surface area contributed by atoms with E-state index in [4.69, 9.17) is 4.74 Å². The predicted molar refractivity (Wildman–Crippen MR) is 152 cm³/mol. The van der Waals surface area contributed by atoms with Crippen LogP contribution >= 0.6 is 0 Å². The fourth-order valence-electron chi connectivity index (χ4n) is 6.80. The fourth-order valence-corrected chi connectivity index (χ4v) is 6.80. The van der Waals surface area contributed by atoms with Gasteiger partial charge in [-0.2, -0.15) is 0 Å². The van der Waals surface area contributed by atoms with Crippen LogP contribution in [0.3, 0.4) is 0 Å². The number of amides is 1. The minimum atomic E-state index is -0.143. The van der Waals surface area contributed by atoms with E-state index in [2.05, 4.69) is 84.2 Å². The highest BCUT2D eigenvalue weighted by molar-refractivity contribution is 5.49. The predicted octanol–water partition coefficient (Wildman–Crippen LogP) is 5.94. The van der Waals surface area contributed by atoms with Crippen molar-refractivity contribution >= 4 is 6.41 Å². The number of methoxy groups -OCH3 is 1. The lowest BCUT2D eigenvalue weighted by Gasteiger charge is -2.55. The third-order valence-corrected chi connectivity index (χ3v) is 9.18. The topological polar surface area (TPSA) is 36.0 Å². The molecule has 2 saturated carbocycles. The molecule has 37 heavy (non-hydrogen) atoms. The van der Waals surface area contributed by atoms with Gasteiger partial charge >= 0.3 is 0 Å². The molecule has 0 radical (unpaired) electrons. The van der Waals surface area contributed by atoms with Crippen molar-refractivity contribution in [1.82, 2.24) is 14.7 Å². The van der Waals surface area contributed by atoms with E-state index in [-0.39, 0.29) is 11.1 Å². The van der Waals surface area contributed by atoms with Crippen molar-refractivity contribution in [3.63, 3.8) is 0 Å². The maximum atomic E-state index is 12.7. The lowest BCUT2D eigenvalue weighted by atomic mass is 9.67. The van der Waals surface area contributed by atoms with E-state index >= 15 is 0 Å². The molecule has 2 aliphatic rings. The van der Waals surface area contributed by atoms with Gasteiger partial charge in [0.05, 0.1) is 12.6 Å². The standard InChI is InChI=1S/C32H47N3O2/c1-5-21-34(3)32(29-14-7-6-8-15-29)19-17-31(18-20-32,35(26-36)24-27-11-9-12-27)25-33(2)23-28-13-10-16-30(22-28)37-4/h6-8,10,13-16,22,26-27H,5,9,11-12,17-21,23-25H2,1-4H3. The largest absolute Gasteiger partial charge is 0.497 e. The zero-order valence-electron chi connectivity index (χ0n) is 23.5. The van der Waals surface area contributed by atoms with Gasteiger partial charge in [0.1, 0.15) is 5.75 Å². The van der Waals surface area contributed by atoms with Crippen LogP contribution < -0.4 is 4.74 Å². The van der Waals surface area contributed by atoms with E-state index in [0.29, 0.717) is 5.92 Å². The van der Waals surface area contributed by atoms with Crippen LogP contribution in [0.1, 0.15) is 69.4 Å². The molecular weight excluding hydrogens is 458 g/mol. The van der Waals surface area contributed by atoms with Crippen molar-refractivity contribution in [2.45, 2.75) is 75.9 Å². The molecule has 4 rings (SSSR count). The summed E-state index contributed by atoms with van der Waals surface area (Å²) in [6.45, 7) is 5.98. The van der Waals surface area contributed by atoms with Gasteiger partial charge in [-0.15, -0.1) is 0 Å². The number of rotatable bonds is 13. The van der Waals surface area contributed by atoms with Gasteiger partial charge in [0.25, 0.3) is 0 Å². The van der Waals surface area contributed by atoms with Crippen LogP contribution in [0.15, 0.2) is 54.6 Å². The Kier molecular flexibility index (Phi) is 9.31. The lowest BCUT2D eigenvalue weighted by Crippen LogP contribution is -2.61. The summed E-state index contributed by atoms with van der Waals surface area (Å²) in [5.41, 5.74) is 2.54. The van der Waals surface area contributed by atoms with Gasteiger partial charge in [0.15, 0.2) is 0 Å². The second-order valence-electron chi connectivity index (χ2n) is 11.6. The van der Waals surface area contributed by atoms with Crippen LogP contribution in [-0.4, -0.2) is 67.5 Å². The molecule has 0 unspecified atom stereocenters. The summed E-state index contributed by atoms with van der Waals surface area (Å²) in [5, 5.41) is 0. The summed E-state index contributed by atoms with van der Waals surface area (Å²) in [6, 6.07) is 19.4. The van der Waals surface area contributed by atoms with Crippen molar-refractivity contribution in [3.05, 3.63) is 65.7 Å². The molecule has 5 heteroatoms. The molecule has 5 nitrogen and oxygen atoms in total. The van der Waals surface area contributed by atoms with E-state index in [9.17, 15) is 4.79 Å². The average Bonchev–Trinajstić information content (AvgIpc) is 2.89. The first kappa shape index (κ1) is 27.7. The molecule has 1 amide bonds. The number of hydrogen-bond acceptors (Lipinski definition) is 4. The Labute approximate surface area is 224 Å². The molecule has 2 aromatic rings. The van der Waals surface area contributed by atoms with Gasteiger partial charge in [-0.05, 0) is 94.8 Å². The highest BCUT2D eigenvalue weighted by atomic mass is 16.5. The van der Waals surface area contributed by atoms with Crippen LogP contribution in [0, 0.1) is 5.92 Å². The molecule has 2 fully saturated rings. The second kappa shape index (κ2) is 12.4. The minimum Gasteiger partial charge on any atom is -0.497 e. The number of carbonyl (C=O) groups is 1. The van der Waals surface area contributed by atoms with Crippen molar-refractivity contribution in [2.24, 2.45) is 5.92 Å². The van der Waals surface area contributed by atoms with Gasteiger partial charge in [0, 0.05) is 25.2 Å². The fraction of sp³-hybridized carbons (Fsp3) is 0.594. The van der Waals surface area contributed by atoms with Gasteiger partial charge in [-0.25, -0.2) is 0 Å². The van der Waals surface area contributed by atoms with Crippen molar-refractivity contribution in [2.75, 3.05) is 40.8 Å². The van der Waals surface area contributed by atoms with E-state index in [1.165, 1.54) is 36.8 Å². The number of ether oxygens (including phenoxy) is 1. The van der Waals surface area contributed by atoms with E-state index in [1.54, 1.807) is 7.11 Å². The molecule has 0 saturated heterocycles. The number of hydrogen-bond donors (Lipinski definition) is 0. The number of carbonyl (C=O) groups excluding carboxylic acids is 1. The van der Waals surface area contributed by atoms with Crippen LogP contribution in [0.25, 0.3) is 0 Å². The Morgan fingerprint density at radius 2 is 1.73 bits per heavy atom. The summed E-state index contributed by atoms with van der Waals surface area (Å²) in [6.07, 6.45) is 10.3. The summed E-state index contributed by atoms with van der Waals surface area (Å²) in [7, 11) is 6.22. The first-order valence-electron chi connectivity index (χ1n) is 14.2. The molecule has 0 atom stereocenters. The SMILES string of the molecule is CCCN(C)C1(c2ccccc2)CCC(CN(C)Cc2cccc(OC)c2)(N(C=O)CC2CCC2)CC1. The Morgan fingerprint density at radius 3 is 2.32 bits per heavy atom. The minimum absolute atomic E-state index is 0.0250. The summed E-state index contributed by atoms with van der Waals surface area (Å²) in [4.78, 5) is 19.9. The van der Waals surface area contributed by atoms with Crippen LogP contribution in [0.5, 0.6) is 5.75 Å². The van der Waals surface area contributed by atoms with Gasteiger partial charge < -0.3 is 9.64 Å². The number of likely N-dealkylation sites (N-methyl/N-ethyl adjacent to an activating group) is 1. The molecule has 2 aromatic carbocycles. The molecule has 0 N–H and O–H groups in total. The first-order chi connectivity index (χ1) is 17.9.